The Balaban J connectivity index is -0.000000249. The topological polar surface area (TPSA) is 70.2 Å². The van der Waals surface area contributed by atoms with Gasteiger partial charge in [0.05, 0.1) is 0 Å². The van der Waals surface area contributed by atoms with Crippen molar-refractivity contribution in [3.8, 4) is 0 Å². The first kappa shape index (κ1) is 23.3. The van der Waals surface area contributed by atoms with Gasteiger partial charge in [0.2, 0.25) is 6.41 Å². The van der Waals surface area contributed by atoms with Crippen LogP contribution in [-0.4, -0.2) is 43.5 Å². The van der Waals surface area contributed by atoms with Crippen molar-refractivity contribution in [2.75, 3.05) is 18.8 Å². The lowest BCUT2D eigenvalue weighted by atomic mass is 10.4. The summed E-state index contributed by atoms with van der Waals surface area (Å²) in [6, 6.07) is 0.563. The highest BCUT2D eigenvalue weighted by atomic mass is 32.1. The summed E-state index contributed by atoms with van der Waals surface area (Å²) in [6.45, 7) is 11.3. The van der Waals surface area contributed by atoms with Gasteiger partial charge >= 0.3 is 0 Å². The van der Waals surface area contributed by atoms with E-state index in [1.165, 1.54) is 0 Å². The molecule has 0 spiro atoms. The van der Waals surface area contributed by atoms with E-state index in [1.807, 2.05) is 13.8 Å². The van der Waals surface area contributed by atoms with Gasteiger partial charge in [0.15, 0.2) is 0 Å². The third-order valence-electron chi connectivity index (χ3n) is 1.62. The Bertz CT molecular complexity index is 209. The van der Waals surface area contributed by atoms with E-state index in [4.69, 9.17) is 0 Å². The molecule has 5 nitrogen and oxygen atoms in total. The summed E-state index contributed by atoms with van der Waals surface area (Å²) in [4.78, 5) is 20.0. The van der Waals surface area contributed by atoms with Gasteiger partial charge in [-0.15, -0.1) is 0 Å². The highest BCUT2D eigenvalue weighted by molar-refractivity contribution is 7.80. The minimum Gasteiger partial charge on any atom is -0.352 e. The van der Waals surface area contributed by atoms with Crippen molar-refractivity contribution in [2.45, 2.75) is 47.0 Å². The molecule has 2 amide bonds. The standard InChI is InChI=1S/C5H9FN2O2.C5H13NS.C2H6/c1-2-7-5(10)4(6)8-3-9;1-3-6-5(2)4-7;1-2/h3-4H,2H2,1H3,(H,7,10)(H,8,9);5-7H,3-4H2,1-2H3;1-2H3. The average molecular weight is 297 g/mol. The van der Waals surface area contributed by atoms with Gasteiger partial charge in [0, 0.05) is 18.3 Å². The van der Waals surface area contributed by atoms with E-state index in [-0.39, 0.29) is 6.41 Å². The molecule has 0 radical (unpaired) electrons. The Kier molecular flexibility index (Phi) is 23.9. The minimum atomic E-state index is -1.93. The van der Waals surface area contributed by atoms with Crippen LogP contribution in [0.5, 0.6) is 0 Å². The van der Waals surface area contributed by atoms with E-state index in [0.717, 1.165) is 12.3 Å². The van der Waals surface area contributed by atoms with Crippen molar-refractivity contribution >= 4 is 24.9 Å². The van der Waals surface area contributed by atoms with Crippen LogP contribution in [0.3, 0.4) is 0 Å². The van der Waals surface area contributed by atoms with Gasteiger partial charge in [-0.1, -0.05) is 20.8 Å². The monoisotopic (exact) mass is 297 g/mol. The molecule has 0 aliphatic heterocycles. The van der Waals surface area contributed by atoms with Crippen molar-refractivity contribution in [1.82, 2.24) is 16.0 Å². The zero-order valence-corrected chi connectivity index (χ0v) is 13.4. The number of likely N-dealkylation sites (N-methyl/N-ethyl adjacent to an activating group) is 1. The number of alkyl halides is 1. The van der Waals surface area contributed by atoms with Crippen LogP contribution >= 0.6 is 12.6 Å². The molecular weight excluding hydrogens is 269 g/mol. The molecule has 0 saturated heterocycles. The maximum atomic E-state index is 12.2. The number of carbonyl (C=O) groups excluding carboxylic acids is 2. The number of hydrogen-bond acceptors (Lipinski definition) is 4. The van der Waals surface area contributed by atoms with Crippen molar-refractivity contribution in [3.05, 3.63) is 0 Å². The predicted octanol–water partition coefficient (Wildman–Crippen LogP) is 1.10. The van der Waals surface area contributed by atoms with E-state index in [9.17, 15) is 14.0 Å². The Morgan fingerprint density at radius 3 is 2.11 bits per heavy atom. The lowest BCUT2D eigenvalue weighted by Gasteiger charge is -2.05. The SMILES string of the molecule is CC.CCNC(=O)C(F)NC=O.CCNC(C)CS. The number of nitrogens with one attached hydrogen (secondary N) is 3. The van der Waals surface area contributed by atoms with Crippen LogP contribution in [0.25, 0.3) is 0 Å². The van der Waals surface area contributed by atoms with Crippen LogP contribution in [0.4, 0.5) is 4.39 Å². The molecule has 0 aromatic rings. The summed E-state index contributed by atoms with van der Waals surface area (Å²) in [5.41, 5.74) is 0. The number of carbonyl (C=O) groups is 2. The molecule has 116 valence electrons. The van der Waals surface area contributed by atoms with E-state index in [0.29, 0.717) is 12.6 Å². The van der Waals surface area contributed by atoms with Gasteiger partial charge in [0.1, 0.15) is 0 Å². The van der Waals surface area contributed by atoms with Gasteiger partial charge < -0.3 is 16.0 Å². The zero-order valence-electron chi connectivity index (χ0n) is 12.5. The second kappa shape index (κ2) is 19.5. The minimum absolute atomic E-state index is 0.139. The molecule has 19 heavy (non-hydrogen) atoms. The summed E-state index contributed by atoms with van der Waals surface area (Å²) in [6.07, 6.45) is -1.79. The van der Waals surface area contributed by atoms with Gasteiger partial charge in [-0.3, -0.25) is 9.59 Å². The number of halogens is 1. The maximum Gasteiger partial charge on any atom is 0.275 e. The molecule has 0 fully saturated rings. The number of amides is 2. The van der Waals surface area contributed by atoms with E-state index >= 15 is 0 Å². The second-order valence-corrected chi connectivity index (χ2v) is 3.55. The largest absolute Gasteiger partial charge is 0.352 e. The van der Waals surface area contributed by atoms with Crippen LogP contribution in [-0.2, 0) is 9.59 Å². The molecule has 0 heterocycles. The normalized spacial score (nSPS) is 11.7. The highest BCUT2D eigenvalue weighted by Crippen LogP contribution is 1.82. The Morgan fingerprint density at radius 2 is 1.84 bits per heavy atom. The Hall–Kier alpha value is -0.820. The summed E-state index contributed by atoms with van der Waals surface area (Å²) in [7, 11) is 0. The van der Waals surface area contributed by atoms with Crippen molar-refractivity contribution in [2.24, 2.45) is 0 Å². The third kappa shape index (κ3) is 19.7. The molecule has 2 atom stereocenters. The molecule has 0 aliphatic rings. The molecular formula is C12H28FN3O2S. The van der Waals surface area contributed by atoms with Crippen LogP contribution in [0.2, 0.25) is 0 Å². The lowest BCUT2D eigenvalue weighted by Crippen LogP contribution is -2.40. The quantitative estimate of drug-likeness (QED) is 0.323. The molecule has 7 heteroatoms. The summed E-state index contributed by atoms with van der Waals surface area (Å²) in [5, 5.41) is 7.08. The average Bonchev–Trinajstić information content (AvgIpc) is 2.42. The molecule has 0 bridgehead atoms. The van der Waals surface area contributed by atoms with E-state index < -0.39 is 12.2 Å². The van der Waals surface area contributed by atoms with Crippen molar-refractivity contribution in [1.29, 1.82) is 0 Å². The summed E-state index contributed by atoms with van der Waals surface area (Å²) in [5.74, 6) is 0.100. The highest BCUT2D eigenvalue weighted by Gasteiger charge is 2.13. The molecule has 0 aromatic carbocycles. The fraction of sp³-hybridized carbons (Fsp3) is 0.833. The van der Waals surface area contributed by atoms with Crippen LogP contribution < -0.4 is 16.0 Å². The lowest BCUT2D eigenvalue weighted by molar-refractivity contribution is -0.129. The third-order valence-corrected chi connectivity index (χ3v) is 2.17. The molecule has 0 saturated carbocycles. The van der Waals surface area contributed by atoms with E-state index in [1.54, 1.807) is 12.2 Å². The molecule has 0 rings (SSSR count). The van der Waals surface area contributed by atoms with Gasteiger partial charge in [-0.05, 0) is 20.4 Å². The van der Waals surface area contributed by atoms with Crippen LogP contribution in [0, 0.1) is 0 Å². The van der Waals surface area contributed by atoms with E-state index in [2.05, 4.69) is 37.1 Å². The zero-order chi connectivity index (χ0) is 15.7. The molecule has 3 N–H and O–H groups in total. The number of thiol groups is 1. The van der Waals surface area contributed by atoms with Gasteiger partial charge in [-0.25, -0.2) is 4.39 Å². The fourth-order valence-corrected chi connectivity index (χ4v) is 0.941. The summed E-state index contributed by atoms with van der Waals surface area (Å²) < 4.78 is 12.2. The van der Waals surface area contributed by atoms with Crippen LogP contribution in [0.1, 0.15) is 34.6 Å². The first-order valence-electron chi connectivity index (χ1n) is 6.49. The summed E-state index contributed by atoms with van der Waals surface area (Å²) >= 11 is 4.09. The fourth-order valence-electron chi connectivity index (χ4n) is 0.812. The predicted molar refractivity (Wildman–Crippen MR) is 81.1 cm³/mol. The number of rotatable bonds is 7. The van der Waals surface area contributed by atoms with Gasteiger partial charge in [0.25, 0.3) is 12.2 Å². The molecule has 2 unspecified atom stereocenters. The Morgan fingerprint density at radius 1 is 1.32 bits per heavy atom. The molecule has 0 aromatic heterocycles. The second-order valence-electron chi connectivity index (χ2n) is 3.18. The van der Waals surface area contributed by atoms with Gasteiger partial charge in [-0.2, -0.15) is 12.6 Å². The maximum absolute atomic E-state index is 12.2. The van der Waals surface area contributed by atoms with Crippen molar-refractivity contribution in [3.63, 3.8) is 0 Å². The van der Waals surface area contributed by atoms with Crippen LogP contribution in [0.15, 0.2) is 0 Å². The smallest absolute Gasteiger partial charge is 0.275 e. The Labute approximate surface area is 121 Å². The van der Waals surface area contributed by atoms with Crippen molar-refractivity contribution < 1.29 is 14.0 Å². The number of hydrogen-bond donors (Lipinski definition) is 4. The first-order valence-corrected chi connectivity index (χ1v) is 7.12. The first-order chi connectivity index (χ1) is 9.03. The molecule has 0 aliphatic carbocycles.